The molecule has 1 atom stereocenters. The summed E-state index contributed by atoms with van der Waals surface area (Å²) < 4.78 is 5.68. The van der Waals surface area contributed by atoms with E-state index in [-0.39, 0.29) is 22.4 Å². The fraction of sp³-hybridized carbons (Fsp3) is 0.440. The largest absolute Gasteiger partial charge is 0.494 e. The number of unbranched alkanes of at least 4 members (excludes halogenated alkanes) is 1. The fourth-order valence-electron chi connectivity index (χ4n) is 3.42. The number of imide groups is 1. The Balaban J connectivity index is 0.000000384. The summed E-state index contributed by atoms with van der Waals surface area (Å²) in [5.74, 6) is 1.96. The predicted octanol–water partition coefficient (Wildman–Crippen LogP) is 2.30. The zero-order chi connectivity index (χ0) is 27.9. The van der Waals surface area contributed by atoms with E-state index in [4.69, 9.17) is 16.2 Å². The van der Waals surface area contributed by atoms with Crippen LogP contribution in [-0.2, 0) is 16.0 Å². The van der Waals surface area contributed by atoms with Gasteiger partial charge in [0.15, 0.2) is 5.96 Å². The van der Waals surface area contributed by atoms with Crippen LogP contribution in [0.3, 0.4) is 0 Å². The number of nitrogens with two attached hydrogens (primary N) is 2. The Bertz CT molecular complexity index is 1110. The number of hydrogen-bond donors (Lipinski definition) is 5. The van der Waals surface area contributed by atoms with Crippen LogP contribution < -0.4 is 32.2 Å². The molecular formula is C25H36N8O4S. The van der Waals surface area contributed by atoms with Gasteiger partial charge in [0, 0.05) is 13.6 Å². The normalized spacial score (nSPS) is 14.8. The Hall–Kier alpha value is -3.87. The number of hydrogen-bond acceptors (Lipinski definition) is 10. The van der Waals surface area contributed by atoms with E-state index < -0.39 is 0 Å². The number of rotatable bonds is 12. The van der Waals surface area contributed by atoms with E-state index in [1.165, 1.54) is 5.56 Å². The van der Waals surface area contributed by atoms with E-state index in [1.807, 2.05) is 38.1 Å². The minimum absolute atomic E-state index is 0.144. The van der Waals surface area contributed by atoms with E-state index in [0.717, 1.165) is 54.0 Å². The van der Waals surface area contributed by atoms with Gasteiger partial charge < -0.3 is 21.5 Å². The maximum Gasteiger partial charge on any atom is 0.286 e. The van der Waals surface area contributed by atoms with Gasteiger partial charge in [-0.15, -0.1) is 0 Å². The summed E-state index contributed by atoms with van der Waals surface area (Å²) in [6.45, 7) is 4.82. The van der Waals surface area contributed by atoms with Gasteiger partial charge in [0.05, 0.1) is 23.2 Å². The first-order valence-electron chi connectivity index (χ1n) is 12.2. The number of aliphatic imine (C=N–C) groups is 1. The molecule has 1 aliphatic rings. The van der Waals surface area contributed by atoms with Crippen molar-refractivity contribution >= 4 is 46.9 Å². The molecule has 3 rings (SSSR count). The number of guanidine groups is 1. The average molecular weight is 545 g/mol. The van der Waals surface area contributed by atoms with Crippen LogP contribution in [0.5, 0.6) is 5.75 Å². The van der Waals surface area contributed by atoms with Gasteiger partial charge in [-0.25, -0.2) is 4.98 Å². The lowest BCUT2D eigenvalue weighted by atomic mass is 10.1. The summed E-state index contributed by atoms with van der Waals surface area (Å²) in [6, 6.07) is 7.92. The number of aryl methyl sites for hydroxylation is 3. The lowest BCUT2D eigenvalue weighted by molar-refractivity contribution is -0.119. The first-order valence-corrected chi connectivity index (χ1v) is 13.1. The van der Waals surface area contributed by atoms with Crippen molar-refractivity contribution in [2.75, 3.05) is 31.2 Å². The van der Waals surface area contributed by atoms with Gasteiger partial charge in [-0.1, -0.05) is 23.9 Å². The Morgan fingerprint density at radius 3 is 2.53 bits per heavy atom. The van der Waals surface area contributed by atoms with Crippen molar-refractivity contribution < 1.29 is 19.1 Å². The molecule has 0 radical (unpaired) electrons. The molecule has 13 heteroatoms. The van der Waals surface area contributed by atoms with Gasteiger partial charge in [0.2, 0.25) is 12.3 Å². The molecule has 0 spiro atoms. The quantitative estimate of drug-likeness (QED) is 0.115. The molecule has 1 saturated heterocycles. The number of nitrogens with zero attached hydrogens (tertiary/aromatic N) is 3. The van der Waals surface area contributed by atoms with Gasteiger partial charge in [-0.2, -0.15) is 0 Å². The number of benzene rings is 1. The van der Waals surface area contributed by atoms with Crippen LogP contribution in [0.1, 0.15) is 42.6 Å². The SMILES string of the molecule is CNc1nc(N)c(C)nc1C.NC(=NCCCCc1ccc(OCCCC2SC(=O)NC2=O)cc1)NC=O. The topological polar surface area (TPSA) is 187 Å². The smallest absolute Gasteiger partial charge is 0.286 e. The highest BCUT2D eigenvalue weighted by Crippen LogP contribution is 2.23. The Morgan fingerprint density at radius 2 is 1.89 bits per heavy atom. The van der Waals surface area contributed by atoms with Gasteiger partial charge in [0.1, 0.15) is 17.4 Å². The molecule has 1 aliphatic heterocycles. The molecule has 7 N–H and O–H groups in total. The number of carbonyl (C=O) groups is 3. The Labute approximate surface area is 226 Å². The van der Waals surface area contributed by atoms with Crippen molar-refractivity contribution in [2.45, 2.75) is 51.2 Å². The minimum Gasteiger partial charge on any atom is -0.494 e. The first kappa shape index (κ1) is 30.4. The van der Waals surface area contributed by atoms with E-state index in [2.05, 4.69) is 30.9 Å². The van der Waals surface area contributed by atoms with Crippen molar-refractivity contribution in [3.8, 4) is 5.75 Å². The number of nitrogens with one attached hydrogen (secondary N) is 3. The molecular weight excluding hydrogens is 508 g/mol. The summed E-state index contributed by atoms with van der Waals surface area (Å²) in [5, 5.41) is 6.93. The van der Waals surface area contributed by atoms with Gasteiger partial charge in [-0.05, 0) is 63.6 Å². The van der Waals surface area contributed by atoms with Gasteiger partial charge in [0.25, 0.3) is 5.24 Å². The fourth-order valence-corrected chi connectivity index (χ4v) is 4.29. The van der Waals surface area contributed by atoms with Crippen LogP contribution in [0, 0.1) is 13.8 Å². The summed E-state index contributed by atoms with van der Waals surface area (Å²) in [5.41, 5.74) is 13.9. The van der Waals surface area contributed by atoms with E-state index in [9.17, 15) is 14.4 Å². The number of anilines is 2. The van der Waals surface area contributed by atoms with Gasteiger partial charge >= 0.3 is 0 Å². The van der Waals surface area contributed by atoms with Crippen molar-refractivity contribution in [2.24, 2.45) is 10.7 Å². The molecule has 0 saturated carbocycles. The maximum absolute atomic E-state index is 11.5. The number of ether oxygens (including phenoxy) is 1. The molecule has 1 fully saturated rings. The molecule has 0 aliphatic carbocycles. The average Bonchev–Trinajstić information content (AvgIpc) is 3.21. The van der Waals surface area contributed by atoms with Crippen LogP contribution in [0.25, 0.3) is 0 Å². The maximum atomic E-state index is 11.5. The number of thioether (sulfide) groups is 1. The number of aromatic nitrogens is 2. The van der Waals surface area contributed by atoms with Crippen LogP contribution >= 0.6 is 11.8 Å². The van der Waals surface area contributed by atoms with Gasteiger partial charge in [-0.3, -0.25) is 35.0 Å². The molecule has 3 amide bonds. The lowest BCUT2D eigenvalue weighted by Gasteiger charge is -2.08. The van der Waals surface area contributed by atoms with Crippen molar-refractivity contribution in [1.82, 2.24) is 20.6 Å². The summed E-state index contributed by atoms with van der Waals surface area (Å²) in [7, 11) is 1.80. The third-order valence-corrected chi connectivity index (χ3v) is 6.50. The monoisotopic (exact) mass is 544 g/mol. The molecule has 1 unspecified atom stereocenters. The Morgan fingerprint density at radius 1 is 1.16 bits per heavy atom. The number of nitrogen functional groups attached to an aromatic ring is 1. The standard InChI is InChI=1S/C18H24N4O4S.C7H12N4/c19-17(21-12-23)20-10-2-1-4-13-6-8-14(9-7-13)26-11-3-5-15-16(24)22-18(25)27-15;1-4-6(8)11-7(9-3)5(2)10-4/h6-9,12,15H,1-5,10-11H2,(H,22,24,25)(H3,19,20,21,23);1-3H3,(H3,8,9,11). The third-order valence-electron chi connectivity index (χ3n) is 5.45. The minimum atomic E-state index is -0.294. The highest BCUT2D eigenvalue weighted by Gasteiger charge is 2.30. The second-order valence-corrected chi connectivity index (χ2v) is 9.56. The van der Waals surface area contributed by atoms with Crippen molar-refractivity contribution in [3.63, 3.8) is 0 Å². The highest BCUT2D eigenvalue weighted by molar-refractivity contribution is 8.15. The molecule has 1 aromatic heterocycles. The van der Waals surface area contributed by atoms with E-state index in [0.29, 0.717) is 38.2 Å². The molecule has 206 valence electrons. The predicted molar refractivity (Wildman–Crippen MR) is 150 cm³/mol. The zero-order valence-electron chi connectivity index (χ0n) is 22.0. The van der Waals surface area contributed by atoms with Crippen molar-refractivity contribution in [3.05, 3.63) is 41.2 Å². The van der Waals surface area contributed by atoms with E-state index in [1.54, 1.807) is 7.05 Å². The summed E-state index contributed by atoms with van der Waals surface area (Å²) in [6.07, 6.45) is 4.62. The number of amides is 3. The molecule has 38 heavy (non-hydrogen) atoms. The lowest BCUT2D eigenvalue weighted by Crippen LogP contribution is -2.30. The molecule has 0 bridgehead atoms. The summed E-state index contributed by atoms with van der Waals surface area (Å²) >= 11 is 1.05. The van der Waals surface area contributed by atoms with Crippen molar-refractivity contribution in [1.29, 1.82) is 0 Å². The summed E-state index contributed by atoms with van der Waals surface area (Å²) in [4.78, 5) is 45.0. The Kier molecular flexibility index (Phi) is 12.8. The first-order chi connectivity index (χ1) is 18.2. The second kappa shape index (κ2) is 16.1. The van der Waals surface area contributed by atoms with Crippen LogP contribution in [0.4, 0.5) is 16.4 Å². The highest BCUT2D eigenvalue weighted by atomic mass is 32.2. The zero-order valence-corrected chi connectivity index (χ0v) is 22.8. The third kappa shape index (κ3) is 10.6. The number of carbonyl (C=O) groups excluding carboxylic acids is 3. The second-order valence-electron chi connectivity index (χ2n) is 8.38. The van der Waals surface area contributed by atoms with Crippen LogP contribution in [0.2, 0.25) is 0 Å². The molecule has 2 heterocycles. The van der Waals surface area contributed by atoms with Crippen LogP contribution in [0.15, 0.2) is 29.3 Å². The molecule has 2 aromatic rings. The molecule has 1 aromatic carbocycles. The molecule has 12 nitrogen and oxygen atoms in total. The van der Waals surface area contributed by atoms with E-state index >= 15 is 0 Å². The van der Waals surface area contributed by atoms with Crippen LogP contribution in [-0.4, -0.2) is 58.9 Å².